The van der Waals surface area contributed by atoms with Gasteiger partial charge in [0.2, 0.25) is 10.0 Å². The molecule has 0 aliphatic rings. The van der Waals surface area contributed by atoms with E-state index in [1.165, 1.54) is 36.0 Å². The van der Waals surface area contributed by atoms with Crippen molar-refractivity contribution in [2.45, 2.75) is 11.1 Å². The number of fused-ring (bicyclic) bond motifs is 1. The summed E-state index contributed by atoms with van der Waals surface area (Å²) in [6.07, 6.45) is -4.42. The molecule has 6 nitrogen and oxygen atoms in total. The molecule has 0 aliphatic heterocycles. The summed E-state index contributed by atoms with van der Waals surface area (Å²) in [7, 11) is -0.699. The van der Waals surface area contributed by atoms with E-state index in [0.717, 1.165) is 12.1 Å². The maximum Gasteiger partial charge on any atom is 0.416 e. The van der Waals surface area contributed by atoms with Crippen LogP contribution in [0.4, 0.5) is 19.0 Å². The minimum Gasteiger partial charge on any atom is -0.371 e. The second-order valence-corrected chi connectivity index (χ2v) is 7.33. The molecule has 0 fully saturated rings. The van der Waals surface area contributed by atoms with E-state index in [1.807, 2.05) is 0 Å². The van der Waals surface area contributed by atoms with Crippen LogP contribution in [0.2, 0.25) is 0 Å². The van der Waals surface area contributed by atoms with Gasteiger partial charge >= 0.3 is 6.18 Å². The zero-order valence-corrected chi connectivity index (χ0v) is 14.6. The van der Waals surface area contributed by atoms with Gasteiger partial charge in [0.1, 0.15) is 0 Å². The first-order valence-corrected chi connectivity index (χ1v) is 8.97. The van der Waals surface area contributed by atoms with E-state index in [0.29, 0.717) is 22.4 Å². The predicted molar refractivity (Wildman–Crippen MR) is 91.9 cm³/mol. The standard InChI is InChI=1S/C16H15F3N4O2S/c1-20-15-13-9-12(26(24,25)21-2)7-8-14(13)23(22-15)11-5-3-10(4-6-11)16(17,18)19/h3-9,21H,1-2H3,(H,20,22). The second kappa shape index (κ2) is 6.29. The third-order valence-electron chi connectivity index (χ3n) is 3.91. The molecule has 10 heteroatoms. The first-order chi connectivity index (χ1) is 12.2. The van der Waals surface area contributed by atoms with E-state index in [9.17, 15) is 21.6 Å². The summed E-state index contributed by atoms with van der Waals surface area (Å²) in [4.78, 5) is 0.0657. The van der Waals surface area contributed by atoms with E-state index < -0.39 is 21.8 Å². The van der Waals surface area contributed by atoms with Gasteiger partial charge in [-0.05, 0) is 49.5 Å². The van der Waals surface area contributed by atoms with Crippen LogP contribution in [0.3, 0.4) is 0 Å². The fourth-order valence-corrected chi connectivity index (χ4v) is 3.31. The molecule has 0 radical (unpaired) electrons. The monoisotopic (exact) mass is 384 g/mol. The SMILES string of the molecule is CNc1nn(-c2ccc(C(F)(F)F)cc2)c2ccc(S(=O)(=O)NC)cc12. The van der Waals surface area contributed by atoms with Gasteiger partial charge in [0, 0.05) is 12.4 Å². The van der Waals surface area contributed by atoms with Crippen LogP contribution in [0.5, 0.6) is 0 Å². The van der Waals surface area contributed by atoms with Gasteiger partial charge in [-0.1, -0.05) is 0 Å². The van der Waals surface area contributed by atoms with Crippen LogP contribution in [-0.4, -0.2) is 32.3 Å². The molecule has 2 aromatic carbocycles. The van der Waals surface area contributed by atoms with Crippen molar-refractivity contribution in [2.24, 2.45) is 0 Å². The summed E-state index contributed by atoms with van der Waals surface area (Å²) in [5, 5.41) is 7.72. The lowest BCUT2D eigenvalue weighted by Crippen LogP contribution is -2.18. The average Bonchev–Trinajstić information content (AvgIpc) is 2.99. The van der Waals surface area contributed by atoms with Gasteiger partial charge in [-0.15, -0.1) is 5.10 Å². The summed E-state index contributed by atoms with van der Waals surface area (Å²) in [5.74, 6) is 0.410. The number of nitrogens with zero attached hydrogens (tertiary/aromatic N) is 2. The number of hydrogen-bond acceptors (Lipinski definition) is 4. The number of aromatic nitrogens is 2. The van der Waals surface area contributed by atoms with E-state index in [-0.39, 0.29) is 4.90 Å². The summed E-state index contributed by atoms with van der Waals surface area (Å²) >= 11 is 0. The first kappa shape index (κ1) is 18.2. The number of nitrogens with one attached hydrogen (secondary N) is 2. The molecule has 0 unspecified atom stereocenters. The molecule has 0 amide bonds. The molecule has 1 heterocycles. The van der Waals surface area contributed by atoms with Gasteiger partial charge in [0.05, 0.1) is 21.7 Å². The lowest BCUT2D eigenvalue weighted by molar-refractivity contribution is -0.137. The molecule has 1 aromatic heterocycles. The molecule has 0 atom stereocenters. The predicted octanol–water partition coefficient (Wildman–Crippen LogP) is 2.99. The minimum atomic E-state index is -4.42. The van der Waals surface area contributed by atoms with Gasteiger partial charge in [0.25, 0.3) is 0 Å². The van der Waals surface area contributed by atoms with Crippen molar-refractivity contribution < 1.29 is 21.6 Å². The quantitative estimate of drug-likeness (QED) is 0.725. The van der Waals surface area contributed by atoms with Crippen molar-refractivity contribution in [3.63, 3.8) is 0 Å². The van der Waals surface area contributed by atoms with E-state index in [1.54, 1.807) is 13.1 Å². The van der Waals surface area contributed by atoms with E-state index >= 15 is 0 Å². The van der Waals surface area contributed by atoms with Crippen molar-refractivity contribution in [2.75, 3.05) is 19.4 Å². The van der Waals surface area contributed by atoms with E-state index in [2.05, 4.69) is 15.1 Å². The molecule has 0 spiro atoms. The molecule has 0 bridgehead atoms. The Morgan fingerprint density at radius 1 is 1.04 bits per heavy atom. The second-order valence-electron chi connectivity index (χ2n) is 5.44. The highest BCUT2D eigenvalue weighted by atomic mass is 32.2. The topological polar surface area (TPSA) is 76.0 Å². The molecular formula is C16H15F3N4O2S. The number of sulfonamides is 1. The van der Waals surface area contributed by atoms with Crippen molar-refractivity contribution in [1.29, 1.82) is 0 Å². The third-order valence-corrected chi connectivity index (χ3v) is 5.32. The van der Waals surface area contributed by atoms with Gasteiger partial charge in [-0.2, -0.15) is 13.2 Å². The van der Waals surface area contributed by atoms with Gasteiger partial charge in [-0.25, -0.2) is 17.8 Å². The molecule has 0 aliphatic carbocycles. The number of halogens is 3. The molecule has 3 aromatic rings. The fraction of sp³-hybridized carbons (Fsp3) is 0.188. The lowest BCUT2D eigenvalue weighted by atomic mass is 10.2. The zero-order valence-electron chi connectivity index (χ0n) is 13.8. The Morgan fingerprint density at radius 2 is 1.69 bits per heavy atom. The van der Waals surface area contributed by atoms with Crippen molar-refractivity contribution >= 4 is 26.7 Å². The van der Waals surface area contributed by atoms with Gasteiger partial charge in [0.15, 0.2) is 5.82 Å². The fourth-order valence-electron chi connectivity index (χ4n) is 2.56. The maximum atomic E-state index is 12.7. The maximum absolute atomic E-state index is 12.7. The van der Waals surface area contributed by atoms with E-state index in [4.69, 9.17) is 0 Å². The molecule has 26 heavy (non-hydrogen) atoms. The summed E-state index contributed by atoms with van der Waals surface area (Å²) in [5.41, 5.74) is 0.229. The highest BCUT2D eigenvalue weighted by Crippen LogP contribution is 2.31. The lowest BCUT2D eigenvalue weighted by Gasteiger charge is -2.08. The summed E-state index contributed by atoms with van der Waals surface area (Å²) < 4.78 is 65.9. The van der Waals surface area contributed by atoms with Crippen LogP contribution in [0.15, 0.2) is 47.4 Å². The smallest absolute Gasteiger partial charge is 0.371 e. The van der Waals surface area contributed by atoms with Crippen molar-refractivity contribution in [3.8, 4) is 5.69 Å². The van der Waals surface area contributed by atoms with Crippen LogP contribution in [0, 0.1) is 0 Å². The van der Waals surface area contributed by atoms with Crippen LogP contribution in [0.1, 0.15) is 5.56 Å². The normalized spacial score (nSPS) is 12.5. The largest absolute Gasteiger partial charge is 0.416 e. The van der Waals surface area contributed by atoms with Crippen LogP contribution in [0.25, 0.3) is 16.6 Å². The molecule has 3 rings (SSSR count). The minimum absolute atomic E-state index is 0.0657. The third kappa shape index (κ3) is 3.13. The first-order valence-electron chi connectivity index (χ1n) is 7.49. The Kier molecular flexibility index (Phi) is 4.41. The van der Waals surface area contributed by atoms with Crippen LogP contribution in [-0.2, 0) is 16.2 Å². The number of anilines is 1. The van der Waals surface area contributed by atoms with Crippen LogP contribution >= 0.6 is 0 Å². The van der Waals surface area contributed by atoms with Gasteiger partial charge < -0.3 is 5.32 Å². The molecule has 0 saturated heterocycles. The van der Waals surface area contributed by atoms with Crippen molar-refractivity contribution in [3.05, 3.63) is 48.0 Å². The van der Waals surface area contributed by atoms with Crippen LogP contribution < -0.4 is 10.0 Å². The Balaban J connectivity index is 2.16. The Bertz CT molecular complexity index is 1060. The van der Waals surface area contributed by atoms with Gasteiger partial charge in [-0.3, -0.25) is 0 Å². The Morgan fingerprint density at radius 3 is 2.23 bits per heavy atom. The number of benzene rings is 2. The number of rotatable bonds is 4. The average molecular weight is 384 g/mol. The molecule has 138 valence electrons. The number of hydrogen-bond donors (Lipinski definition) is 2. The summed E-state index contributed by atoms with van der Waals surface area (Å²) in [6.45, 7) is 0. The Hall–Kier alpha value is -2.59. The van der Waals surface area contributed by atoms with Crippen molar-refractivity contribution in [1.82, 2.24) is 14.5 Å². The molecule has 2 N–H and O–H groups in total. The molecular weight excluding hydrogens is 369 g/mol. The summed E-state index contributed by atoms with van der Waals surface area (Å²) in [6, 6.07) is 9.00. The zero-order chi connectivity index (χ0) is 19.1. The molecule has 0 saturated carbocycles. The highest BCUT2D eigenvalue weighted by molar-refractivity contribution is 7.89. The Labute approximate surface area is 147 Å². The highest BCUT2D eigenvalue weighted by Gasteiger charge is 2.30. The number of alkyl halides is 3.